The number of aromatic amines is 1. The van der Waals surface area contributed by atoms with E-state index >= 15 is 0 Å². The molecule has 0 saturated carbocycles. The van der Waals surface area contributed by atoms with Crippen molar-refractivity contribution in [1.29, 1.82) is 0 Å². The van der Waals surface area contributed by atoms with E-state index < -0.39 is 5.82 Å². The summed E-state index contributed by atoms with van der Waals surface area (Å²) in [6, 6.07) is 8.19. The normalized spacial score (nSPS) is 15.3. The molecule has 2 aliphatic heterocycles. The largest absolute Gasteiger partial charge is 0.454 e. The van der Waals surface area contributed by atoms with Crippen molar-refractivity contribution in [1.82, 2.24) is 9.88 Å². The maximum Gasteiger partial charge on any atom is 0.238 e. The van der Waals surface area contributed by atoms with Gasteiger partial charge in [0.05, 0.1) is 17.4 Å². The number of carbonyl (C=O) groups excluding carboxylic acids is 1. The zero-order chi connectivity index (χ0) is 20.8. The molecule has 0 aliphatic carbocycles. The van der Waals surface area contributed by atoms with Gasteiger partial charge in [-0.1, -0.05) is 6.07 Å². The van der Waals surface area contributed by atoms with Gasteiger partial charge in [-0.25, -0.2) is 4.39 Å². The first-order valence-corrected chi connectivity index (χ1v) is 9.74. The molecule has 2 N–H and O–H groups in total. The molecule has 0 unspecified atom stereocenters. The van der Waals surface area contributed by atoms with E-state index in [1.54, 1.807) is 24.3 Å². The smallest absolute Gasteiger partial charge is 0.238 e. The molecule has 2 aliphatic rings. The Bertz CT molecular complexity index is 1240. The minimum atomic E-state index is -0.530. The first-order chi connectivity index (χ1) is 14.5. The average Bonchev–Trinajstić information content (AvgIpc) is 3.19. The van der Waals surface area contributed by atoms with Crippen LogP contribution in [-0.2, 0) is 17.8 Å². The van der Waals surface area contributed by atoms with E-state index in [-0.39, 0.29) is 30.1 Å². The van der Waals surface area contributed by atoms with Crippen molar-refractivity contribution >= 4 is 22.5 Å². The van der Waals surface area contributed by atoms with Crippen molar-refractivity contribution in [3.63, 3.8) is 0 Å². The molecule has 2 aromatic carbocycles. The minimum Gasteiger partial charge on any atom is -0.454 e. The fourth-order valence-corrected chi connectivity index (χ4v) is 4.04. The number of anilines is 1. The highest BCUT2D eigenvalue weighted by molar-refractivity contribution is 5.92. The van der Waals surface area contributed by atoms with Crippen LogP contribution < -0.4 is 20.2 Å². The summed E-state index contributed by atoms with van der Waals surface area (Å²) in [6.45, 7) is 3.06. The second-order valence-corrected chi connectivity index (χ2v) is 7.60. The Morgan fingerprint density at radius 1 is 1.23 bits per heavy atom. The molecule has 1 aromatic heterocycles. The molecule has 3 heterocycles. The molecule has 30 heavy (non-hydrogen) atoms. The van der Waals surface area contributed by atoms with Crippen molar-refractivity contribution in [3.05, 3.63) is 63.2 Å². The van der Waals surface area contributed by atoms with Gasteiger partial charge in [-0.2, -0.15) is 0 Å². The number of hydrogen-bond donors (Lipinski definition) is 2. The Kier molecular flexibility index (Phi) is 4.43. The van der Waals surface area contributed by atoms with Crippen molar-refractivity contribution in [2.75, 3.05) is 25.2 Å². The number of aryl methyl sites for hydroxylation is 1. The lowest BCUT2D eigenvalue weighted by Crippen LogP contribution is -2.39. The number of H-pyrrole nitrogens is 1. The Labute approximate surface area is 171 Å². The maximum absolute atomic E-state index is 14.3. The molecule has 1 amide bonds. The lowest BCUT2D eigenvalue weighted by atomic mass is 10.0. The predicted octanol–water partition coefficient (Wildman–Crippen LogP) is 2.70. The number of rotatable bonds is 3. The van der Waals surface area contributed by atoms with E-state index in [1.165, 1.54) is 6.07 Å². The van der Waals surface area contributed by atoms with Crippen molar-refractivity contribution in [2.24, 2.45) is 0 Å². The van der Waals surface area contributed by atoms with Crippen LogP contribution in [0.15, 0.2) is 35.1 Å². The SMILES string of the molecule is Cc1ccc(F)c2c(=O)c3c([nH]c12)CCN(CC(=O)Nc1ccc2c(c1)OCO2)C3. The zero-order valence-corrected chi connectivity index (χ0v) is 16.4. The summed E-state index contributed by atoms with van der Waals surface area (Å²) in [4.78, 5) is 30.6. The number of halogens is 1. The Morgan fingerprint density at radius 2 is 2.07 bits per heavy atom. The van der Waals surface area contributed by atoms with Gasteiger partial charge in [-0.05, 0) is 30.7 Å². The quantitative estimate of drug-likeness (QED) is 0.695. The van der Waals surface area contributed by atoms with E-state index in [2.05, 4.69) is 10.3 Å². The fraction of sp³-hybridized carbons (Fsp3) is 0.273. The van der Waals surface area contributed by atoms with Crippen molar-refractivity contribution in [2.45, 2.75) is 19.9 Å². The van der Waals surface area contributed by atoms with Crippen LogP contribution in [0.2, 0.25) is 0 Å². The van der Waals surface area contributed by atoms with Gasteiger partial charge in [-0.15, -0.1) is 0 Å². The third-order valence-electron chi connectivity index (χ3n) is 5.59. The molecule has 8 heteroatoms. The summed E-state index contributed by atoms with van der Waals surface area (Å²) in [5.74, 6) is 0.513. The van der Waals surface area contributed by atoms with Gasteiger partial charge < -0.3 is 19.8 Å². The van der Waals surface area contributed by atoms with Crippen LogP contribution in [0.4, 0.5) is 10.1 Å². The Hall–Kier alpha value is -3.39. The second kappa shape index (κ2) is 7.14. The molecule has 0 bridgehead atoms. The molecule has 0 spiro atoms. The number of carbonyl (C=O) groups is 1. The van der Waals surface area contributed by atoms with Crippen LogP contribution in [-0.4, -0.2) is 35.7 Å². The molecular weight excluding hydrogens is 389 g/mol. The van der Waals surface area contributed by atoms with Crippen LogP contribution in [0.3, 0.4) is 0 Å². The summed E-state index contributed by atoms with van der Waals surface area (Å²) in [6.07, 6.45) is 0.591. The van der Waals surface area contributed by atoms with Crippen LogP contribution >= 0.6 is 0 Å². The van der Waals surface area contributed by atoms with E-state index in [4.69, 9.17) is 9.47 Å². The summed E-state index contributed by atoms with van der Waals surface area (Å²) >= 11 is 0. The highest BCUT2D eigenvalue weighted by Crippen LogP contribution is 2.34. The van der Waals surface area contributed by atoms with Gasteiger partial charge in [0, 0.05) is 42.5 Å². The highest BCUT2D eigenvalue weighted by atomic mass is 19.1. The van der Waals surface area contributed by atoms with Crippen LogP contribution in [0.1, 0.15) is 16.8 Å². The van der Waals surface area contributed by atoms with E-state index in [0.29, 0.717) is 47.8 Å². The molecule has 154 valence electrons. The van der Waals surface area contributed by atoms with E-state index in [1.807, 2.05) is 11.8 Å². The molecule has 7 nitrogen and oxygen atoms in total. The number of fused-ring (bicyclic) bond motifs is 3. The topological polar surface area (TPSA) is 83.7 Å². The number of ether oxygens (including phenoxy) is 2. The number of nitrogens with one attached hydrogen (secondary N) is 2. The van der Waals surface area contributed by atoms with Gasteiger partial charge in [0.25, 0.3) is 0 Å². The highest BCUT2D eigenvalue weighted by Gasteiger charge is 2.24. The number of aromatic nitrogens is 1. The van der Waals surface area contributed by atoms with Gasteiger partial charge >= 0.3 is 0 Å². The third kappa shape index (κ3) is 3.19. The second-order valence-electron chi connectivity index (χ2n) is 7.60. The van der Waals surface area contributed by atoms with Crippen LogP contribution in [0, 0.1) is 12.7 Å². The van der Waals surface area contributed by atoms with Crippen molar-refractivity contribution in [3.8, 4) is 11.5 Å². The summed E-state index contributed by atoms with van der Waals surface area (Å²) < 4.78 is 24.9. The van der Waals surface area contributed by atoms with Crippen LogP contribution in [0.25, 0.3) is 10.9 Å². The number of benzene rings is 2. The van der Waals surface area contributed by atoms with Gasteiger partial charge in [0.15, 0.2) is 16.9 Å². The van der Waals surface area contributed by atoms with Gasteiger partial charge in [0.2, 0.25) is 12.7 Å². The molecule has 5 rings (SSSR count). The number of pyridine rings is 1. The predicted molar refractivity (Wildman–Crippen MR) is 109 cm³/mol. The van der Waals surface area contributed by atoms with Gasteiger partial charge in [-0.3, -0.25) is 14.5 Å². The number of hydrogen-bond acceptors (Lipinski definition) is 5. The first-order valence-electron chi connectivity index (χ1n) is 9.74. The first kappa shape index (κ1) is 18.6. The summed E-state index contributed by atoms with van der Waals surface area (Å²) in [5, 5.41) is 2.93. The van der Waals surface area contributed by atoms with E-state index in [0.717, 1.165) is 11.3 Å². The molecule has 0 radical (unpaired) electrons. The molecule has 0 fully saturated rings. The minimum absolute atomic E-state index is 0.0837. The Balaban J connectivity index is 1.34. The maximum atomic E-state index is 14.3. The number of nitrogens with zero attached hydrogens (tertiary/aromatic N) is 1. The van der Waals surface area contributed by atoms with Gasteiger partial charge in [0.1, 0.15) is 5.82 Å². The Morgan fingerprint density at radius 3 is 2.93 bits per heavy atom. The van der Waals surface area contributed by atoms with Crippen LogP contribution in [0.5, 0.6) is 11.5 Å². The standard InChI is InChI=1S/C22H20FN3O4/c1-12-2-4-15(23)20-21(12)25-16-6-7-26(9-14(16)22(20)28)10-19(27)24-13-3-5-17-18(8-13)30-11-29-17/h2-5,8H,6-7,9-11H2,1H3,(H,24,27)(H,25,28). The zero-order valence-electron chi connectivity index (χ0n) is 16.4. The lowest BCUT2D eigenvalue weighted by molar-refractivity contribution is -0.117. The third-order valence-corrected chi connectivity index (χ3v) is 5.59. The molecule has 0 atom stereocenters. The molecular formula is C22H20FN3O4. The number of amides is 1. The summed E-state index contributed by atoms with van der Waals surface area (Å²) in [7, 11) is 0. The average molecular weight is 409 g/mol. The summed E-state index contributed by atoms with van der Waals surface area (Å²) in [5.41, 5.74) is 3.02. The van der Waals surface area contributed by atoms with E-state index in [9.17, 15) is 14.0 Å². The fourth-order valence-electron chi connectivity index (χ4n) is 4.04. The van der Waals surface area contributed by atoms with Crippen molar-refractivity contribution < 1.29 is 18.7 Å². The molecule has 0 saturated heterocycles. The lowest BCUT2D eigenvalue weighted by Gasteiger charge is -2.28. The molecule has 3 aromatic rings. The monoisotopic (exact) mass is 409 g/mol.